The van der Waals surface area contributed by atoms with Gasteiger partial charge in [-0.05, 0) is 24.3 Å². The second kappa shape index (κ2) is 5.64. The van der Waals surface area contributed by atoms with Gasteiger partial charge in [0.15, 0.2) is 11.9 Å². The quantitative estimate of drug-likeness (QED) is 0.754. The van der Waals surface area contributed by atoms with Crippen LogP contribution in [0.25, 0.3) is 0 Å². The van der Waals surface area contributed by atoms with Crippen LogP contribution in [0.15, 0.2) is 24.3 Å². The molecule has 0 radical (unpaired) electrons. The van der Waals surface area contributed by atoms with E-state index in [-0.39, 0.29) is 12.4 Å². The van der Waals surface area contributed by atoms with Crippen molar-refractivity contribution >= 4 is 11.8 Å². The van der Waals surface area contributed by atoms with E-state index in [2.05, 4.69) is 0 Å². The Morgan fingerprint density at radius 2 is 2.06 bits per heavy atom. The van der Waals surface area contributed by atoms with E-state index in [1.807, 2.05) is 0 Å². The fraction of sp³-hybridized carbons (Fsp3) is 0.385. The van der Waals surface area contributed by atoms with Crippen molar-refractivity contribution in [3.8, 4) is 5.75 Å². The van der Waals surface area contributed by atoms with Crippen LogP contribution >= 0.6 is 0 Å². The van der Waals surface area contributed by atoms with Crippen molar-refractivity contribution in [2.45, 2.75) is 12.5 Å². The lowest BCUT2D eigenvalue weighted by molar-refractivity contribution is -0.137. The Balaban J connectivity index is 2.00. The summed E-state index contributed by atoms with van der Waals surface area (Å²) in [4.78, 5) is 23.3. The zero-order valence-electron chi connectivity index (χ0n) is 10.0. The topological polar surface area (TPSA) is 61.8 Å². The lowest BCUT2D eigenvalue weighted by atomic mass is 10.1. The molecule has 0 aliphatic carbocycles. The molecule has 2 rings (SSSR count). The predicted molar refractivity (Wildman–Crippen MR) is 62.6 cm³/mol. The Labute approximate surface area is 105 Å². The number of benzene rings is 1. The van der Waals surface area contributed by atoms with Crippen LogP contribution < -0.4 is 4.74 Å². The summed E-state index contributed by atoms with van der Waals surface area (Å²) < 4.78 is 15.2. The Kier molecular flexibility index (Phi) is 3.94. The molecule has 1 atom stereocenters. The highest BCUT2D eigenvalue weighted by Crippen LogP contribution is 2.14. The number of hydrogen-bond donors (Lipinski definition) is 0. The predicted octanol–water partition coefficient (Wildman–Crippen LogP) is 1.21. The first kappa shape index (κ1) is 12.6. The second-order valence-corrected chi connectivity index (χ2v) is 3.91. The maximum absolute atomic E-state index is 11.8. The van der Waals surface area contributed by atoms with Crippen molar-refractivity contribution in [3.05, 3.63) is 29.8 Å². The summed E-state index contributed by atoms with van der Waals surface area (Å²) in [7, 11) is 1.55. The first-order chi connectivity index (χ1) is 8.70. The van der Waals surface area contributed by atoms with Gasteiger partial charge in [0.2, 0.25) is 0 Å². The highest BCUT2D eigenvalue weighted by Gasteiger charge is 2.26. The molecule has 1 aromatic carbocycles. The number of methoxy groups -OCH3 is 1. The number of ether oxygens (including phenoxy) is 3. The molecular weight excluding hydrogens is 236 g/mol. The number of hydrogen-bond acceptors (Lipinski definition) is 5. The van der Waals surface area contributed by atoms with Crippen LogP contribution in [0.2, 0.25) is 0 Å². The van der Waals surface area contributed by atoms with Crippen molar-refractivity contribution in [1.82, 2.24) is 0 Å². The van der Waals surface area contributed by atoms with Gasteiger partial charge in [0.1, 0.15) is 5.75 Å². The molecule has 18 heavy (non-hydrogen) atoms. The molecule has 5 heteroatoms. The van der Waals surface area contributed by atoms with E-state index in [0.29, 0.717) is 24.3 Å². The van der Waals surface area contributed by atoms with E-state index in [4.69, 9.17) is 14.2 Å². The number of rotatable bonds is 3. The van der Waals surface area contributed by atoms with E-state index in [1.165, 1.54) is 0 Å². The Morgan fingerprint density at radius 1 is 1.33 bits per heavy atom. The monoisotopic (exact) mass is 250 g/mol. The van der Waals surface area contributed by atoms with Gasteiger partial charge in [0.05, 0.1) is 25.9 Å². The molecule has 0 aromatic heterocycles. The van der Waals surface area contributed by atoms with Gasteiger partial charge in [-0.25, -0.2) is 4.79 Å². The molecule has 5 nitrogen and oxygen atoms in total. The highest BCUT2D eigenvalue weighted by atomic mass is 16.6. The maximum Gasteiger partial charge on any atom is 0.338 e. The molecule has 0 N–H and O–H groups in total. The third kappa shape index (κ3) is 2.87. The number of esters is 1. The van der Waals surface area contributed by atoms with Gasteiger partial charge in [0, 0.05) is 6.42 Å². The molecule has 0 saturated carbocycles. The molecule has 1 saturated heterocycles. The van der Waals surface area contributed by atoms with E-state index in [9.17, 15) is 9.59 Å². The summed E-state index contributed by atoms with van der Waals surface area (Å²) in [5, 5.41) is 0. The van der Waals surface area contributed by atoms with Crippen molar-refractivity contribution in [2.24, 2.45) is 0 Å². The van der Waals surface area contributed by atoms with Crippen molar-refractivity contribution in [2.75, 3.05) is 20.3 Å². The average Bonchev–Trinajstić information content (AvgIpc) is 2.41. The fourth-order valence-electron chi connectivity index (χ4n) is 1.64. The summed E-state index contributed by atoms with van der Waals surface area (Å²) in [6.45, 7) is 0.538. The van der Waals surface area contributed by atoms with Gasteiger partial charge in [-0.3, -0.25) is 4.79 Å². The summed E-state index contributed by atoms with van der Waals surface area (Å²) in [5.41, 5.74) is 0.383. The summed E-state index contributed by atoms with van der Waals surface area (Å²) in [5.74, 6) is 0.0354. The van der Waals surface area contributed by atoms with E-state index in [1.54, 1.807) is 31.4 Å². The van der Waals surface area contributed by atoms with Crippen LogP contribution in [0.4, 0.5) is 0 Å². The third-order valence-electron chi connectivity index (χ3n) is 2.70. The summed E-state index contributed by atoms with van der Waals surface area (Å²) in [6.07, 6.45) is -0.492. The molecule has 1 heterocycles. The highest BCUT2D eigenvalue weighted by molar-refractivity contribution is 5.93. The van der Waals surface area contributed by atoms with Crippen LogP contribution in [0.3, 0.4) is 0 Å². The van der Waals surface area contributed by atoms with Gasteiger partial charge in [-0.2, -0.15) is 0 Å². The first-order valence-corrected chi connectivity index (χ1v) is 5.66. The Morgan fingerprint density at radius 3 is 2.67 bits per heavy atom. The SMILES string of the molecule is COc1ccc(C(=O)OC2COCCC2=O)cc1. The lowest BCUT2D eigenvalue weighted by Gasteiger charge is -2.21. The standard InChI is InChI=1S/C13H14O5/c1-16-10-4-2-9(3-5-10)13(15)18-12-8-17-7-6-11(12)14/h2-5,12H,6-8H2,1H3. The molecule has 1 aromatic rings. The van der Waals surface area contributed by atoms with Crippen LogP contribution in [0, 0.1) is 0 Å². The zero-order valence-corrected chi connectivity index (χ0v) is 10.0. The third-order valence-corrected chi connectivity index (χ3v) is 2.70. The minimum Gasteiger partial charge on any atom is -0.497 e. The van der Waals surface area contributed by atoms with Crippen LogP contribution in [0.5, 0.6) is 5.75 Å². The minimum absolute atomic E-state index is 0.0943. The van der Waals surface area contributed by atoms with E-state index < -0.39 is 12.1 Å². The van der Waals surface area contributed by atoms with Gasteiger partial charge in [0.25, 0.3) is 0 Å². The molecule has 0 spiro atoms. The number of ketones is 1. The Bertz CT molecular complexity index is 437. The van der Waals surface area contributed by atoms with Crippen molar-refractivity contribution in [3.63, 3.8) is 0 Å². The molecule has 96 valence electrons. The molecule has 0 amide bonds. The van der Waals surface area contributed by atoms with Gasteiger partial charge in [-0.15, -0.1) is 0 Å². The lowest BCUT2D eigenvalue weighted by Crippen LogP contribution is -2.36. The number of carbonyl (C=O) groups excluding carboxylic acids is 2. The maximum atomic E-state index is 11.8. The van der Waals surface area contributed by atoms with Crippen LogP contribution in [0.1, 0.15) is 16.8 Å². The Hall–Kier alpha value is -1.88. The minimum atomic E-state index is -0.784. The largest absolute Gasteiger partial charge is 0.497 e. The van der Waals surface area contributed by atoms with Gasteiger partial charge >= 0.3 is 5.97 Å². The second-order valence-electron chi connectivity index (χ2n) is 3.91. The molecule has 0 bridgehead atoms. The summed E-state index contributed by atoms with van der Waals surface area (Å²) >= 11 is 0. The van der Waals surface area contributed by atoms with E-state index in [0.717, 1.165) is 0 Å². The van der Waals surface area contributed by atoms with Crippen molar-refractivity contribution < 1.29 is 23.8 Å². The molecule has 1 unspecified atom stereocenters. The molecule has 1 fully saturated rings. The normalized spacial score (nSPS) is 19.4. The molecular formula is C13H14O5. The van der Waals surface area contributed by atoms with Crippen LogP contribution in [-0.4, -0.2) is 38.2 Å². The summed E-state index contributed by atoms with van der Waals surface area (Å²) in [6, 6.07) is 6.51. The first-order valence-electron chi connectivity index (χ1n) is 5.66. The van der Waals surface area contributed by atoms with Gasteiger partial charge in [-0.1, -0.05) is 0 Å². The van der Waals surface area contributed by atoms with Crippen molar-refractivity contribution in [1.29, 1.82) is 0 Å². The smallest absolute Gasteiger partial charge is 0.338 e. The molecule has 1 aliphatic rings. The fourth-order valence-corrected chi connectivity index (χ4v) is 1.64. The number of carbonyl (C=O) groups is 2. The average molecular weight is 250 g/mol. The molecule has 1 aliphatic heterocycles. The van der Waals surface area contributed by atoms with Gasteiger partial charge < -0.3 is 14.2 Å². The van der Waals surface area contributed by atoms with E-state index >= 15 is 0 Å². The zero-order chi connectivity index (χ0) is 13.0. The number of Topliss-reactive ketones (excluding diaryl/α,β-unsaturated/α-hetero) is 1. The van der Waals surface area contributed by atoms with Crippen LogP contribution in [-0.2, 0) is 14.3 Å².